The SMILES string of the molecule is Cc1cc2c3c(c1)N1c4c(cc(C(C)(C)C)cc4-n4c5ccc(C(C)(C)C)cc5c5cc(C(C)(C)C)cc1c54)B3c1oc3ccc(-c4ccccc4)cc3c1N2c1cccc2oc3ccccc3c12. The van der Waals surface area contributed by atoms with E-state index in [0.717, 1.165) is 61.2 Å². The predicted octanol–water partition coefficient (Wildman–Crippen LogP) is 15.7. The molecule has 0 N–H and O–H groups in total. The van der Waals surface area contributed by atoms with E-state index in [1.54, 1.807) is 0 Å². The van der Waals surface area contributed by atoms with Crippen LogP contribution in [0.2, 0.25) is 0 Å². The third-order valence-corrected chi connectivity index (χ3v) is 15.5. The predicted molar refractivity (Wildman–Crippen MR) is 292 cm³/mol. The van der Waals surface area contributed by atoms with Crippen molar-refractivity contribution in [1.29, 1.82) is 0 Å². The van der Waals surface area contributed by atoms with E-state index in [9.17, 15) is 0 Å². The van der Waals surface area contributed by atoms with E-state index in [1.807, 2.05) is 0 Å². The fraction of sp³-hybridized carbons (Fsp3) is 0.206. The third kappa shape index (κ3) is 5.54. The summed E-state index contributed by atoms with van der Waals surface area (Å²) in [5.41, 5.74) is 23.9. The molecule has 11 aromatic rings. The number of fused-ring (bicyclic) bond motifs is 14. The zero-order valence-corrected chi connectivity index (χ0v) is 41.1. The molecule has 0 fully saturated rings. The lowest BCUT2D eigenvalue weighted by Crippen LogP contribution is -2.61. The van der Waals surface area contributed by atoms with Crippen molar-refractivity contribution in [2.45, 2.75) is 85.5 Å². The third-order valence-electron chi connectivity index (χ3n) is 15.5. The van der Waals surface area contributed by atoms with Crippen LogP contribution in [-0.2, 0) is 16.2 Å². The highest BCUT2D eigenvalue weighted by atomic mass is 16.3. The summed E-state index contributed by atoms with van der Waals surface area (Å²) in [6.45, 7) is 23.1. The monoisotopic (exact) mass is 895 g/mol. The molecule has 0 aliphatic carbocycles. The quantitative estimate of drug-likeness (QED) is 0.162. The van der Waals surface area contributed by atoms with Gasteiger partial charge in [-0.2, -0.15) is 0 Å². The maximum atomic E-state index is 7.50. The number of benzene rings is 8. The van der Waals surface area contributed by atoms with Gasteiger partial charge in [0, 0.05) is 32.9 Å². The summed E-state index contributed by atoms with van der Waals surface area (Å²) in [7, 11) is 0. The zero-order chi connectivity index (χ0) is 47.2. The summed E-state index contributed by atoms with van der Waals surface area (Å²) in [6.07, 6.45) is 0. The molecule has 3 aromatic heterocycles. The Morgan fingerprint density at radius 1 is 0.435 bits per heavy atom. The molecule has 3 aliphatic rings. The van der Waals surface area contributed by atoms with Gasteiger partial charge in [0.05, 0.1) is 50.5 Å². The van der Waals surface area contributed by atoms with Gasteiger partial charge in [0.25, 0.3) is 6.71 Å². The maximum absolute atomic E-state index is 7.50. The van der Waals surface area contributed by atoms with E-state index in [4.69, 9.17) is 8.83 Å². The van der Waals surface area contributed by atoms with Gasteiger partial charge in [-0.1, -0.05) is 135 Å². The fourth-order valence-corrected chi connectivity index (χ4v) is 12.0. The molecule has 3 aliphatic heterocycles. The molecule has 0 bridgehead atoms. The van der Waals surface area contributed by atoms with Crippen molar-refractivity contribution in [2.24, 2.45) is 0 Å². The van der Waals surface area contributed by atoms with Gasteiger partial charge in [-0.15, -0.1) is 0 Å². The molecule has 0 radical (unpaired) electrons. The first-order valence-corrected chi connectivity index (χ1v) is 24.6. The van der Waals surface area contributed by atoms with Crippen LogP contribution in [0.1, 0.15) is 84.6 Å². The Kier molecular flexibility index (Phi) is 7.90. The van der Waals surface area contributed by atoms with Crippen molar-refractivity contribution in [2.75, 3.05) is 9.80 Å². The normalized spacial score (nSPS) is 14.1. The Labute approximate surface area is 403 Å². The van der Waals surface area contributed by atoms with Gasteiger partial charge in [-0.05, 0) is 140 Å². The number of nitrogens with zero attached hydrogens (tertiary/aromatic N) is 3. The lowest BCUT2D eigenvalue weighted by Gasteiger charge is -2.45. The molecule has 0 saturated heterocycles. The number of anilines is 6. The van der Waals surface area contributed by atoms with Gasteiger partial charge in [-0.3, -0.25) is 0 Å². The largest absolute Gasteiger partial charge is 0.468 e. The first-order chi connectivity index (χ1) is 33.0. The summed E-state index contributed by atoms with van der Waals surface area (Å²) < 4.78 is 16.8. The number of rotatable bonds is 2. The molecular formula is C63H54BN3O2. The minimum absolute atomic E-state index is 0.00681. The molecule has 69 heavy (non-hydrogen) atoms. The second-order valence-corrected chi connectivity index (χ2v) is 23.1. The highest BCUT2D eigenvalue weighted by Gasteiger charge is 2.50. The van der Waals surface area contributed by atoms with E-state index in [0.29, 0.717) is 0 Å². The van der Waals surface area contributed by atoms with Crippen molar-refractivity contribution < 1.29 is 8.83 Å². The number of hydrogen-bond acceptors (Lipinski definition) is 4. The Hall–Kier alpha value is -7.44. The van der Waals surface area contributed by atoms with Crippen LogP contribution < -0.4 is 26.4 Å². The van der Waals surface area contributed by atoms with Crippen LogP contribution in [-0.4, -0.2) is 11.3 Å². The summed E-state index contributed by atoms with van der Waals surface area (Å²) >= 11 is 0. The maximum Gasteiger partial charge on any atom is 0.297 e. The molecule has 6 heterocycles. The molecule has 336 valence electrons. The van der Waals surface area contributed by atoms with Crippen molar-refractivity contribution in [1.82, 2.24) is 4.57 Å². The van der Waals surface area contributed by atoms with Crippen molar-refractivity contribution in [3.63, 3.8) is 0 Å². The van der Waals surface area contributed by atoms with Crippen LogP contribution in [0.5, 0.6) is 0 Å². The summed E-state index contributed by atoms with van der Waals surface area (Å²) in [5, 5.41) is 5.86. The van der Waals surface area contributed by atoms with Crippen molar-refractivity contribution >= 4 is 112 Å². The van der Waals surface area contributed by atoms with Crippen LogP contribution in [0.3, 0.4) is 0 Å². The smallest absolute Gasteiger partial charge is 0.297 e. The number of para-hydroxylation sites is 1. The van der Waals surface area contributed by atoms with Gasteiger partial charge in [0.1, 0.15) is 16.7 Å². The second kappa shape index (κ2) is 13.4. The molecular weight excluding hydrogens is 842 g/mol. The van der Waals surface area contributed by atoms with Crippen LogP contribution in [0, 0.1) is 6.92 Å². The Morgan fingerprint density at radius 3 is 1.84 bits per heavy atom. The summed E-state index contributed by atoms with van der Waals surface area (Å²) in [5.74, 6) is 0. The molecule has 5 nitrogen and oxygen atoms in total. The summed E-state index contributed by atoms with van der Waals surface area (Å²) in [4.78, 5) is 5.17. The molecule has 0 spiro atoms. The standard InChI is InChI=1S/C63H54BN3O2/c1-35-27-48-56-49(28-35)67-50-33-39(62(5,6)7)31-43-42-30-38(61(2,3)4)24-25-46(42)65(57(43)50)51-34-40(63(8,9)10)32-45(59(51)67)64(56)60-58(44-29-37(23-26-53(44)69-60)36-17-12-11-13-18-36)66(48)47-20-16-22-54-55(47)41-19-14-15-21-52(41)68-54/h11-34H,1-10H3. The first kappa shape index (κ1) is 40.6. The van der Waals surface area contributed by atoms with Crippen molar-refractivity contribution in [3.8, 4) is 16.8 Å². The average molecular weight is 896 g/mol. The molecule has 0 atom stereocenters. The molecule has 0 saturated carbocycles. The average Bonchev–Trinajstić information content (AvgIpc) is 4.00. The molecule has 0 unspecified atom stereocenters. The first-order valence-electron chi connectivity index (χ1n) is 24.6. The van der Waals surface area contributed by atoms with Gasteiger partial charge in [0.2, 0.25) is 0 Å². The Bertz CT molecular complexity index is 4050. The van der Waals surface area contributed by atoms with E-state index in [2.05, 4.69) is 229 Å². The summed E-state index contributed by atoms with van der Waals surface area (Å²) in [6, 6.07) is 54.5. The topological polar surface area (TPSA) is 37.7 Å². The van der Waals surface area contributed by atoms with Gasteiger partial charge < -0.3 is 23.2 Å². The lowest BCUT2D eigenvalue weighted by molar-refractivity contribution is 0.590. The van der Waals surface area contributed by atoms with Gasteiger partial charge in [0.15, 0.2) is 0 Å². The highest BCUT2D eigenvalue weighted by molar-refractivity contribution is 7.00. The molecule has 0 amide bonds. The second-order valence-electron chi connectivity index (χ2n) is 23.1. The van der Waals surface area contributed by atoms with E-state index in [-0.39, 0.29) is 23.0 Å². The van der Waals surface area contributed by atoms with E-state index >= 15 is 0 Å². The van der Waals surface area contributed by atoms with E-state index < -0.39 is 0 Å². The number of aryl methyl sites for hydroxylation is 1. The van der Waals surface area contributed by atoms with Gasteiger partial charge in [-0.25, -0.2) is 0 Å². The van der Waals surface area contributed by atoms with Crippen molar-refractivity contribution in [3.05, 3.63) is 168 Å². The molecule has 14 rings (SSSR count). The minimum Gasteiger partial charge on any atom is -0.468 e. The van der Waals surface area contributed by atoms with Gasteiger partial charge >= 0.3 is 0 Å². The Balaban J connectivity index is 1.17. The Morgan fingerprint density at radius 2 is 1.09 bits per heavy atom. The number of furan rings is 2. The molecule has 6 heteroatoms. The fourth-order valence-electron chi connectivity index (χ4n) is 12.0. The zero-order valence-electron chi connectivity index (χ0n) is 41.1. The van der Waals surface area contributed by atoms with Crippen LogP contribution in [0.15, 0.2) is 154 Å². The minimum atomic E-state index is -0.209. The lowest BCUT2D eigenvalue weighted by atomic mass is 9.35. The van der Waals surface area contributed by atoms with Crippen LogP contribution in [0.25, 0.3) is 71.5 Å². The van der Waals surface area contributed by atoms with Crippen LogP contribution in [0.4, 0.5) is 34.1 Å². The van der Waals surface area contributed by atoms with Crippen LogP contribution >= 0.6 is 0 Å². The number of hydrogen-bond donors (Lipinski definition) is 0. The molecule has 8 aromatic carbocycles. The number of aromatic nitrogens is 1. The van der Waals surface area contributed by atoms with E-state index in [1.165, 1.54) is 83.3 Å². The highest BCUT2D eigenvalue weighted by Crippen LogP contribution is 2.56.